The van der Waals surface area contributed by atoms with E-state index in [1.165, 1.54) is 12.1 Å². The van der Waals surface area contributed by atoms with E-state index in [2.05, 4.69) is 16.0 Å². The number of nitro benzene ring substituents is 1. The number of nitrogens with one attached hydrogen (secondary N) is 3. The predicted octanol–water partition coefficient (Wildman–Crippen LogP) is 0.726. The number of benzene rings is 1. The number of carboxylic acid groups (broad SMARTS) is 1. The van der Waals surface area contributed by atoms with E-state index in [4.69, 9.17) is 5.11 Å². The van der Waals surface area contributed by atoms with Gasteiger partial charge in [0.2, 0.25) is 5.91 Å². The summed E-state index contributed by atoms with van der Waals surface area (Å²) in [5, 5.41) is 26.8. The summed E-state index contributed by atoms with van der Waals surface area (Å²) in [6, 6.07) is 2.49. The van der Waals surface area contributed by atoms with Gasteiger partial charge >= 0.3 is 6.09 Å². The molecule has 0 bridgehead atoms. The van der Waals surface area contributed by atoms with Crippen LogP contribution in [0.4, 0.5) is 21.9 Å². The maximum Gasteiger partial charge on any atom is 0.404 e. The molecule has 4 N–H and O–H groups in total. The van der Waals surface area contributed by atoms with Gasteiger partial charge in [0.1, 0.15) is 0 Å². The Balaban J connectivity index is 2.41. The molecule has 2 amide bonds. The van der Waals surface area contributed by atoms with Crippen molar-refractivity contribution in [2.24, 2.45) is 0 Å². The lowest BCUT2D eigenvalue weighted by Crippen LogP contribution is -2.29. The van der Waals surface area contributed by atoms with E-state index in [-0.39, 0.29) is 30.4 Å². The van der Waals surface area contributed by atoms with E-state index in [0.29, 0.717) is 11.3 Å². The first-order valence-electron chi connectivity index (χ1n) is 5.29. The molecule has 2 rings (SSSR count). The lowest BCUT2D eigenvalue weighted by molar-refractivity contribution is -0.384. The van der Waals surface area contributed by atoms with Gasteiger partial charge in [0.15, 0.2) is 0 Å². The van der Waals surface area contributed by atoms with Gasteiger partial charge in [-0.3, -0.25) is 14.9 Å². The number of carbonyl (C=O) groups excluding carboxylic acids is 1. The Morgan fingerprint density at radius 1 is 1.53 bits per heavy atom. The molecule has 0 unspecified atom stereocenters. The van der Waals surface area contributed by atoms with E-state index >= 15 is 0 Å². The van der Waals surface area contributed by atoms with Crippen LogP contribution in [0.25, 0.3) is 0 Å². The topological polar surface area (TPSA) is 134 Å². The molecule has 1 aliphatic heterocycles. The quantitative estimate of drug-likeness (QED) is 0.470. The largest absolute Gasteiger partial charge is 0.465 e. The Kier molecular flexibility index (Phi) is 3.19. The molecule has 1 aromatic carbocycles. The third-order valence-electron chi connectivity index (χ3n) is 2.55. The molecule has 100 valence electrons. The van der Waals surface area contributed by atoms with Gasteiger partial charge in [0.05, 0.1) is 22.8 Å². The Morgan fingerprint density at radius 2 is 2.26 bits per heavy atom. The molecule has 9 nitrogen and oxygen atoms in total. The standard InChI is InChI=1S/C10H10N4O5/c15-8-4-11-9-5(3-12-10(16)17)1-6(14(18)19)2-7(9)13-8/h1-2,11-12H,3-4H2,(H,13,15)(H,16,17). The molecule has 0 atom stereocenters. The van der Waals surface area contributed by atoms with Crippen LogP contribution in [0, 0.1) is 10.1 Å². The monoisotopic (exact) mass is 266 g/mol. The van der Waals surface area contributed by atoms with Crippen LogP contribution in [-0.4, -0.2) is 28.6 Å². The lowest BCUT2D eigenvalue weighted by atomic mass is 10.1. The summed E-state index contributed by atoms with van der Waals surface area (Å²) in [6.45, 7) is -0.0624. The molecule has 19 heavy (non-hydrogen) atoms. The summed E-state index contributed by atoms with van der Waals surface area (Å²) in [7, 11) is 0. The van der Waals surface area contributed by atoms with Gasteiger partial charge < -0.3 is 21.1 Å². The van der Waals surface area contributed by atoms with Crippen LogP contribution in [-0.2, 0) is 11.3 Å². The molecule has 0 saturated carbocycles. The Bertz CT molecular complexity index is 571. The van der Waals surface area contributed by atoms with Gasteiger partial charge in [-0.05, 0) is 0 Å². The highest BCUT2D eigenvalue weighted by Crippen LogP contribution is 2.33. The Hall–Kier alpha value is -2.84. The summed E-state index contributed by atoms with van der Waals surface area (Å²) >= 11 is 0. The third-order valence-corrected chi connectivity index (χ3v) is 2.55. The first-order chi connectivity index (χ1) is 8.97. The van der Waals surface area contributed by atoms with Crippen LogP contribution in [0.2, 0.25) is 0 Å². The highest BCUT2D eigenvalue weighted by molar-refractivity contribution is 6.01. The number of nitro groups is 1. The van der Waals surface area contributed by atoms with Crippen molar-refractivity contribution >= 4 is 29.1 Å². The molecule has 1 aromatic rings. The van der Waals surface area contributed by atoms with E-state index in [1.807, 2.05) is 0 Å². The fraction of sp³-hybridized carbons (Fsp3) is 0.200. The number of non-ortho nitro benzene ring substituents is 1. The smallest absolute Gasteiger partial charge is 0.404 e. The van der Waals surface area contributed by atoms with Crippen LogP contribution in [0.15, 0.2) is 12.1 Å². The van der Waals surface area contributed by atoms with Crippen molar-refractivity contribution < 1.29 is 19.6 Å². The third kappa shape index (κ3) is 2.70. The average molecular weight is 266 g/mol. The minimum absolute atomic E-state index is 0.0326. The first-order valence-corrected chi connectivity index (χ1v) is 5.29. The Morgan fingerprint density at radius 3 is 2.89 bits per heavy atom. The maximum absolute atomic E-state index is 11.2. The summed E-state index contributed by atoms with van der Waals surface area (Å²) in [5.74, 6) is -0.315. The zero-order valence-corrected chi connectivity index (χ0v) is 9.60. The van der Waals surface area contributed by atoms with Crippen LogP contribution >= 0.6 is 0 Å². The second kappa shape index (κ2) is 4.80. The van der Waals surface area contributed by atoms with Gasteiger partial charge in [0.25, 0.3) is 5.69 Å². The molecule has 0 spiro atoms. The van der Waals surface area contributed by atoms with Crippen LogP contribution < -0.4 is 16.0 Å². The number of amides is 2. The van der Waals surface area contributed by atoms with Crippen molar-refractivity contribution in [3.05, 3.63) is 27.8 Å². The number of hydrogen-bond acceptors (Lipinski definition) is 5. The van der Waals surface area contributed by atoms with Crippen molar-refractivity contribution in [3.63, 3.8) is 0 Å². The Labute approximate surface area is 106 Å². The molecule has 9 heteroatoms. The van der Waals surface area contributed by atoms with E-state index in [0.717, 1.165) is 0 Å². The zero-order chi connectivity index (χ0) is 14.0. The highest BCUT2D eigenvalue weighted by Gasteiger charge is 2.22. The van der Waals surface area contributed by atoms with E-state index in [1.54, 1.807) is 0 Å². The number of anilines is 2. The molecule has 0 fully saturated rings. The predicted molar refractivity (Wildman–Crippen MR) is 65.1 cm³/mol. The molecule has 1 heterocycles. The second-order valence-corrected chi connectivity index (χ2v) is 3.84. The van der Waals surface area contributed by atoms with Crippen LogP contribution in [0.3, 0.4) is 0 Å². The second-order valence-electron chi connectivity index (χ2n) is 3.84. The van der Waals surface area contributed by atoms with Gasteiger partial charge in [-0.2, -0.15) is 0 Å². The summed E-state index contributed by atoms with van der Waals surface area (Å²) in [5.41, 5.74) is 0.933. The molecule has 1 aliphatic rings. The summed E-state index contributed by atoms with van der Waals surface area (Å²) < 4.78 is 0. The van der Waals surface area contributed by atoms with E-state index < -0.39 is 11.0 Å². The molecule has 0 radical (unpaired) electrons. The SMILES string of the molecule is O=C(O)NCc1cc([N+](=O)[O-])cc2c1NCC(=O)N2. The van der Waals surface area contributed by atoms with Gasteiger partial charge in [-0.1, -0.05) is 0 Å². The number of carbonyl (C=O) groups is 2. The van der Waals surface area contributed by atoms with Crippen molar-refractivity contribution in [2.45, 2.75) is 6.54 Å². The minimum atomic E-state index is -1.24. The summed E-state index contributed by atoms with van der Waals surface area (Å²) in [6.07, 6.45) is -1.24. The zero-order valence-electron chi connectivity index (χ0n) is 9.60. The summed E-state index contributed by atoms with van der Waals surface area (Å²) in [4.78, 5) is 31.9. The number of nitrogens with zero attached hydrogens (tertiary/aromatic N) is 1. The minimum Gasteiger partial charge on any atom is -0.465 e. The van der Waals surface area contributed by atoms with Gasteiger partial charge in [0, 0.05) is 24.2 Å². The molecule has 0 aliphatic carbocycles. The van der Waals surface area contributed by atoms with Crippen molar-refractivity contribution in [2.75, 3.05) is 17.2 Å². The maximum atomic E-state index is 11.2. The first kappa shape index (κ1) is 12.6. The fourth-order valence-corrected chi connectivity index (χ4v) is 1.77. The van der Waals surface area contributed by atoms with Crippen LogP contribution in [0.1, 0.15) is 5.56 Å². The lowest BCUT2D eigenvalue weighted by Gasteiger charge is -2.21. The fourth-order valence-electron chi connectivity index (χ4n) is 1.77. The highest BCUT2D eigenvalue weighted by atomic mass is 16.6. The number of rotatable bonds is 3. The molecule has 0 saturated heterocycles. The molecular weight excluding hydrogens is 256 g/mol. The van der Waals surface area contributed by atoms with Crippen molar-refractivity contribution in [1.29, 1.82) is 0 Å². The van der Waals surface area contributed by atoms with Crippen LogP contribution in [0.5, 0.6) is 0 Å². The average Bonchev–Trinajstić information content (AvgIpc) is 2.34. The van der Waals surface area contributed by atoms with E-state index in [9.17, 15) is 19.7 Å². The van der Waals surface area contributed by atoms with Gasteiger partial charge in [-0.15, -0.1) is 0 Å². The van der Waals surface area contributed by atoms with Crippen molar-refractivity contribution in [3.8, 4) is 0 Å². The molecule has 0 aromatic heterocycles. The normalized spacial score (nSPS) is 12.9. The number of fused-ring (bicyclic) bond motifs is 1. The van der Waals surface area contributed by atoms with Crippen molar-refractivity contribution in [1.82, 2.24) is 5.32 Å². The van der Waals surface area contributed by atoms with Gasteiger partial charge in [-0.25, -0.2) is 4.79 Å². The molecular formula is C10H10N4O5. The number of hydrogen-bond donors (Lipinski definition) is 4.